The average Bonchev–Trinajstić information content (AvgIpc) is 3.42. The number of thiazole rings is 1. The van der Waals surface area contributed by atoms with Crippen LogP contribution in [0.4, 0.5) is 0 Å². The number of nitrogens with zero attached hydrogens (tertiary/aromatic N) is 3. The van der Waals surface area contributed by atoms with E-state index in [0.29, 0.717) is 5.82 Å². The number of hydrogen-bond donors (Lipinski definition) is 1. The summed E-state index contributed by atoms with van der Waals surface area (Å²) < 4.78 is 1.94. The van der Waals surface area contributed by atoms with Crippen molar-refractivity contribution in [2.24, 2.45) is 0 Å². The lowest BCUT2D eigenvalue weighted by atomic mass is 10.00. The Hall–Kier alpha value is -3.51. The molecule has 0 bridgehead atoms. The molecule has 1 amide bonds. The molecule has 30 heavy (non-hydrogen) atoms. The minimum atomic E-state index is -0.110. The van der Waals surface area contributed by atoms with Crippen molar-refractivity contribution in [1.82, 2.24) is 19.9 Å². The molecule has 0 spiro atoms. The van der Waals surface area contributed by atoms with E-state index in [9.17, 15) is 4.79 Å². The number of benzene rings is 3. The van der Waals surface area contributed by atoms with Crippen molar-refractivity contribution in [2.75, 3.05) is 0 Å². The fourth-order valence-corrected chi connectivity index (χ4v) is 4.42. The Morgan fingerprint density at radius 1 is 1.07 bits per heavy atom. The zero-order chi connectivity index (χ0) is 20.5. The third-order valence-electron chi connectivity index (χ3n) is 5.29. The molecule has 1 N–H and O–H groups in total. The van der Waals surface area contributed by atoms with Gasteiger partial charge in [-0.05, 0) is 35.4 Å². The maximum Gasteiger partial charge on any atom is 0.240 e. The second kappa shape index (κ2) is 7.72. The van der Waals surface area contributed by atoms with E-state index in [0.717, 1.165) is 27.7 Å². The Bertz CT molecular complexity index is 1330. The summed E-state index contributed by atoms with van der Waals surface area (Å²) in [5.41, 5.74) is 5.45. The van der Waals surface area contributed by atoms with Crippen molar-refractivity contribution < 1.29 is 4.79 Å². The summed E-state index contributed by atoms with van der Waals surface area (Å²) in [5, 5.41) is 7.44. The molecule has 148 valence electrons. The fraction of sp³-hybridized carbons (Fsp3) is 0.125. The predicted octanol–water partition coefficient (Wildman–Crippen LogP) is 5.19. The van der Waals surface area contributed by atoms with Crippen LogP contribution in [0.25, 0.3) is 33.3 Å². The number of fused-ring (bicyclic) bond motifs is 2. The monoisotopic (exact) mass is 412 g/mol. The summed E-state index contributed by atoms with van der Waals surface area (Å²) in [5.74, 6) is 0.653. The molecule has 0 fully saturated rings. The van der Waals surface area contributed by atoms with Gasteiger partial charge in [0.15, 0.2) is 5.82 Å². The zero-order valence-corrected chi connectivity index (χ0v) is 17.3. The van der Waals surface area contributed by atoms with Crippen molar-refractivity contribution in [3.8, 4) is 11.5 Å². The topological polar surface area (TPSA) is 59.8 Å². The minimum absolute atomic E-state index is 0.0601. The molecule has 0 saturated carbocycles. The summed E-state index contributed by atoms with van der Waals surface area (Å²) in [6, 6.07) is 22.2. The molecule has 3 aromatic carbocycles. The van der Waals surface area contributed by atoms with Crippen molar-refractivity contribution in [3.05, 3.63) is 83.2 Å². The first-order chi connectivity index (χ1) is 14.7. The van der Waals surface area contributed by atoms with Gasteiger partial charge in [-0.1, -0.05) is 54.6 Å². The van der Waals surface area contributed by atoms with E-state index in [1.54, 1.807) is 5.51 Å². The normalized spacial score (nSPS) is 12.3. The second-order valence-corrected chi connectivity index (χ2v) is 7.96. The molecule has 0 aliphatic heterocycles. The van der Waals surface area contributed by atoms with Crippen molar-refractivity contribution in [3.63, 3.8) is 0 Å². The Kier molecular flexibility index (Phi) is 4.77. The highest BCUT2D eigenvalue weighted by Crippen LogP contribution is 2.26. The van der Waals surface area contributed by atoms with Crippen LogP contribution in [0, 0.1) is 0 Å². The van der Waals surface area contributed by atoms with Crippen LogP contribution in [0.3, 0.4) is 0 Å². The number of amides is 1. The van der Waals surface area contributed by atoms with Gasteiger partial charge in [-0.25, -0.2) is 9.97 Å². The molecule has 1 atom stereocenters. The summed E-state index contributed by atoms with van der Waals surface area (Å²) in [7, 11) is 0. The zero-order valence-electron chi connectivity index (χ0n) is 16.4. The van der Waals surface area contributed by atoms with Gasteiger partial charge < -0.3 is 9.88 Å². The van der Waals surface area contributed by atoms with Crippen molar-refractivity contribution in [2.45, 2.75) is 19.5 Å². The number of aromatic nitrogens is 3. The van der Waals surface area contributed by atoms with Crippen LogP contribution in [-0.2, 0) is 11.3 Å². The number of imidazole rings is 1. The van der Waals surface area contributed by atoms with E-state index >= 15 is 0 Å². The van der Waals surface area contributed by atoms with Crippen molar-refractivity contribution in [1.29, 1.82) is 0 Å². The van der Waals surface area contributed by atoms with E-state index < -0.39 is 0 Å². The maximum absolute atomic E-state index is 13.0. The second-order valence-electron chi connectivity index (χ2n) is 7.24. The standard InChI is InChI=1S/C24H20N4OS/c1-16(18-10-6-8-17-7-2-3-9-19(17)18)26-23(29)13-28-22-12-5-4-11-20(22)27-24(28)21-14-30-15-25-21/h2-12,14-16H,13H2,1H3,(H,26,29). The third kappa shape index (κ3) is 3.35. The summed E-state index contributed by atoms with van der Waals surface area (Å²) in [4.78, 5) is 22.1. The van der Waals surface area contributed by atoms with Gasteiger partial charge in [-0.2, -0.15) is 0 Å². The van der Waals surface area contributed by atoms with Gasteiger partial charge in [0, 0.05) is 5.38 Å². The summed E-state index contributed by atoms with van der Waals surface area (Å²) in [6.07, 6.45) is 0. The quantitative estimate of drug-likeness (QED) is 0.432. The molecular weight excluding hydrogens is 392 g/mol. The number of nitrogens with one attached hydrogen (secondary N) is 1. The van der Waals surface area contributed by atoms with Crippen LogP contribution in [0.1, 0.15) is 18.5 Å². The van der Waals surface area contributed by atoms with Crippen molar-refractivity contribution >= 4 is 39.0 Å². The van der Waals surface area contributed by atoms with Crippen LogP contribution in [0.5, 0.6) is 0 Å². The average molecular weight is 413 g/mol. The summed E-state index contributed by atoms with van der Waals surface area (Å²) >= 11 is 1.52. The van der Waals surface area contributed by atoms with Crippen LogP contribution >= 0.6 is 11.3 Å². The Balaban J connectivity index is 1.44. The van der Waals surface area contributed by atoms with E-state index in [1.165, 1.54) is 16.7 Å². The lowest BCUT2D eigenvalue weighted by Gasteiger charge is -2.17. The summed E-state index contributed by atoms with van der Waals surface area (Å²) in [6.45, 7) is 2.20. The largest absolute Gasteiger partial charge is 0.348 e. The van der Waals surface area contributed by atoms with Crippen LogP contribution in [-0.4, -0.2) is 20.4 Å². The Morgan fingerprint density at radius 2 is 1.87 bits per heavy atom. The third-order valence-corrected chi connectivity index (χ3v) is 5.87. The Labute approximate surface area is 178 Å². The molecule has 0 aliphatic carbocycles. The van der Waals surface area contributed by atoms with Gasteiger partial charge in [0.05, 0.1) is 22.6 Å². The predicted molar refractivity (Wildman–Crippen MR) is 121 cm³/mol. The molecule has 5 nitrogen and oxygen atoms in total. The maximum atomic E-state index is 13.0. The number of para-hydroxylation sites is 2. The number of rotatable bonds is 5. The fourth-order valence-electron chi connectivity index (χ4n) is 3.89. The molecule has 0 radical (unpaired) electrons. The lowest BCUT2D eigenvalue weighted by molar-refractivity contribution is -0.122. The van der Waals surface area contributed by atoms with E-state index in [2.05, 4.69) is 34.6 Å². The van der Waals surface area contributed by atoms with Gasteiger partial charge >= 0.3 is 0 Å². The van der Waals surface area contributed by atoms with Crippen LogP contribution in [0.15, 0.2) is 77.6 Å². The highest BCUT2D eigenvalue weighted by molar-refractivity contribution is 7.07. The smallest absolute Gasteiger partial charge is 0.240 e. The molecule has 5 aromatic rings. The molecule has 6 heteroatoms. The first-order valence-corrected chi connectivity index (χ1v) is 10.8. The molecule has 5 rings (SSSR count). The van der Waals surface area contributed by atoms with Gasteiger partial charge in [0.1, 0.15) is 12.2 Å². The Morgan fingerprint density at radius 3 is 2.73 bits per heavy atom. The SMILES string of the molecule is CC(NC(=O)Cn1c(-c2cscn2)nc2ccccc21)c1cccc2ccccc12. The number of carbonyl (C=O) groups excluding carboxylic acids is 1. The number of carbonyl (C=O) groups is 1. The highest BCUT2D eigenvalue weighted by Gasteiger charge is 2.18. The van der Waals surface area contributed by atoms with Gasteiger partial charge in [0.2, 0.25) is 5.91 Å². The van der Waals surface area contributed by atoms with Gasteiger partial charge in [0.25, 0.3) is 0 Å². The molecule has 1 unspecified atom stereocenters. The van der Waals surface area contributed by atoms with E-state index in [1.807, 2.05) is 59.3 Å². The lowest BCUT2D eigenvalue weighted by Crippen LogP contribution is -2.30. The van der Waals surface area contributed by atoms with Crippen LogP contribution < -0.4 is 5.32 Å². The van der Waals surface area contributed by atoms with Crippen LogP contribution in [0.2, 0.25) is 0 Å². The molecular formula is C24H20N4OS. The number of hydrogen-bond acceptors (Lipinski definition) is 4. The molecule has 0 saturated heterocycles. The molecule has 2 aromatic heterocycles. The molecule has 2 heterocycles. The minimum Gasteiger partial charge on any atom is -0.348 e. The first-order valence-electron chi connectivity index (χ1n) is 9.81. The molecule has 0 aliphatic rings. The van der Waals surface area contributed by atoms with E-state index in [-0.39, 0.29) is 18.5 Å². The van der Waals surface area contributed by atoms with Gasteiger partial charge in [-0.3, -0.25) is 4.79 Å². The first kappa shape index (κ1) is 18.5. The van der Waals surface area contributed by atoms with Gasteiger partial charge in [-0.15, -0.1) is 11.3 Å². The van der Waals surface area contributed by atoms with E-state index in [4.69, 9.17) is 4.98 Å². The highest BCUT2D eigenvalue weighted by atomic mass is 32.1.